The highest BCUT2D eigenvalue weighted by molar-refractivity contribution is 6.03. The molecule has 4 atom stereocenters. The van der Waals surface area contributed by atoms with E-state index in [0.29, 0.717) is 49.2 Å². The Hall–Kier alpha value is -4.14. The standard InChI is InChI=1S/C34H35F3N6O2/c1-4-23-26(35)9-6-19-12-22(44)13-24(28(19)23)30-29(37)31-25(14-38-30)32(43-15-20-7-8-21(16-43)39-20)41-33(40-31)45-18-34(3)17-42(5-2)11-10-27(34)36/h1,6,9,12-14,20-21,27,39,44H,5,7-8,10-11,15-18H2,2-3H3/t20-,21+,27-,34-/m0/s1. The summed E-state index contributed by atoms with van der Waals surface area (Å²) in [6.45, 7) is 7.27. The molecule has 3 saturated heterocycles. The molecule has 3 aliphatic heterocycles. The molecule has 8 nitrogen and oxygen atoms in total. The van der Waals surface area contributed by atoms with Gasteiger partial charge in [-0.15, -0.1) is 6.42 Å². The summed E-state index contributed by atoms with van der Waals surface area (Å²) in [5.41, 5.74) is -0.909. The summed E-state index contributed by atoms with van der Waals surface area (Å²) >= 11 is 0. The lowest BCUT2D eigenvalue weighted by atomic mass is 9.81. The molecule has 4 aromatic rings. The summed E-state index contributed by atoms with van der Waals surface area (Å²) in [4.78, 5) is 18.0. The number of hydrogen-bond acceptors (Lipinski definition) is 8. The summed E-state index contributed by atoms with van der Waals surface area (Å²) in [5.74, 6) is 1.27. The van der Waals surface area contributed by atoms with Crippen LogP contribution in [0.15, 0.2) is 30.5 Å². The van der Waals surface area contributed by atoms with Gasteiger partial charge in [-0.1, -0.05) is 25.8 Å². The Bertz CT molecular complexity index is 1840. The molecule has 0 saturated carbocycles. The zero-order valence-corrected chi connectivity index (χ0v) is 25.3. The fourth-order valence-corrected chi connectivity index (χ4v) is 7.21. The number of terminal acetylenes is 1. The average molecular weight is 617 g/mol. The molecule has 2 bridgehead atoms. The van der Waals surface area contributed by atoms with Crippen LogP contribution in [0.3, 0.4) is 0 Å². The van der Waals surface area contributed by atoms with Crippen LogP contribution < -0.4 is 15.0 Å². The maximum Gasteiger partial charge on any atom is 0.319 e. The summed E-state index contributed by atoms with van der Waals surface area (Å²) < 4.78 is 52.9. The highest BCUT2D eigenvalue weighted by Gasteiger charge is 2.41. The van der Waals surface area contributed by atoms with Crippen LogP contribution >= 0.6 is 0 Å². The predicted octanol–water partition coefficient (Wildman–Crippen LogP) is 5.20. The van der Waals surface area contributed by atoms with E-state index in [4.69, 9.17) is 16.1 Å². The van der Waals surface area contributed by atoms with Crippen molar-refractivity contribution in [2.45, 2.75) is 51.4 Å². The van der Waals surface area contributed by atoms with E-state index in [1.54, 1.807) is 0 Å². The first-order valence-electron chi connectivity index (χ1n) is 15.5. The van der Waals surface area contributed by atoms with Gasteiger partial charge in [0.25, 0.3) is 0 Å². The molecule has 0 aliphatic carbocycles. The summed E-state index contributed by atoms with van der Waals surface area (Å²) in [6, 6.07) is 5.94. The number of fused-ring (bicyclic) bond motifs is 4. The Balaban J connectivity index is 1.37. The number of nitrogens with one attached hydrogen (secondary N) is 1. The first-order chi connectivity index (χ1) is 21.7. The fourth-order valence-electron chi connectivity index (χ4n) is 7.21. The third-order valence-electron chi connectivity index (χ3n) is 9.63. The number of halogens is 3. The highest BCUT2D eigenvalue weighted by Crippen LogP contribution is 2.40. The highest BCUT2D eigenvalue weighted by atomic mass is 19.1. The molecular weight excluding hydrogens is 581 g/mol. The van der Waals surface area contributed by atoms with Gasteiger partial charge in [0.2, 0.25) is 0 Å². The molecule has 7 rings (SSSR count). The number of ether oxygens (including phenoxy) is 1. The third-order valence-corrected chi connectivity index (χ3v) is 9.63. The molecule has 3 aliphatic rings. The van der Waals surface area contributed by atoms with Gasteiger partial charge in [-0.3, -0.25) is 4.98 Å². The second-order valence-corrected chi connectivity index (χ2v) is 12.8. The molecule has 45 heavy (non-hydrogen) atoms. The van der Waals surface area contributed by atoms with Crippen molar-refractivity contribution in [2.75, 3.05) is 44.2 Å². The molecule has 2 aromatic heterocycles. The number of pyridine rings is 1. The van der Waals surface area contributed by atoms with Gasteiger partial charge in [-0.05, 0) is 49.4 Å². The number of aromatic nitrogens is 3. The second-order valence-electron chi connectivity index (χ2n) is 12.8. The number of phenolic OH excluding ortho intramolecular Hbond substituents is 1. The predicted molar refractivity (Wildman–Crippen MR) is 167 cm³/mol. The lowest BCUT2D eigenvalue weighted by Crippen LogP contribution is -2.51. The minimum Gasteiger partial charge on any atom is -0.508 e. The minimum atomic E-state index is -1.07. The minimum absolute atomic E-state index is 0.0178. The molecule has 2 N–H and O–H groups in total. The van der Waals surface area contributed by atoms with Crippen LogP contribution in [0.2, 0.25) is 0 Å². The number of phenols is 1. The zero-order chi connectivity index (χ0) is 31.5. The summed E-state index contributed by atoms with van der Waals surface area (Å²) in [6.07, 6.45) is 8.58. The number of likely N-dealkylation sites (tertiary alicyclic amines) is 1. The molecule has 3 fully saturated rings. The molecular formula is C34H35F3N6O2. The van der Waals surface area contributed by atoms with E-state index in [1.165, 1.54) is 30.5 Å². The van der Waals surface area contributed by atoms with E-state index in [2.05, 4.69) is 31.0 Å². The van der Waals surface area contributed by atoms with Crippen LogP contribution in [0.1, 0.15) is 38.7 Å². The van der Waals surface area contributed by atoms with E-state index in [-0.39, 0.29) is 58.2 Å². The smallest absolute Gasteiger partial charge is 0.319 e. The van der Waals surface area contributed by atoms with E-state index in [1.807, 2.05) is 13.8 Å². The lowest BCUT2D eigenvalue weighted by molar-refractivity contribution is -0.0154. The largest absolute Gasteiger partial charge is 0.508 e. The number of anilines is 1. The maximum atomic E-state index is 16.7. The van der Waals surface area contributed by atoms with Gasteiger partial charge in [0.15, 0.2) is 5.82 Å². The second kappa shape index (κ2) is 11.3. The molecule has 0 unspecified atom stereocenters. The van der Waals surface area contributed by atoms with Crippen molar-refractivity contribution in [3.63, 3.8) is 0 Å². The molecule has 11 heteroatoms. The normalized spacial score (nSPS) is 25.2. The van der Waals surface area contributed by atoms with Crippen molar-refractivity contribution in [2.24, 2.45) is 5.41 Å². The first kappa shape index (κ1) is 29.6. The molecule has 234 valence electrons. The molecule has 2 aromatic carbocycles. The Morgan fingerprint density at radius 3 is 2.67 bits per heavy atom. The number of rotatable bonds is 6. The van der Waals surface area contributed by atoms with Crippen LogP contribution in [0, 0.1) is 29.4 Å². The van der Waals surface area contributed by atoms with Gasteiger partial charge in [-0.25, -0.2) is 13.2 Å². The van der Waals surface area contributed by atoms with Gasteiger partial charge < -0.3 is 25.0 Å². The van der Waals surface area contributed by atoms with Crippen molar-refractivity contribution in [3.05, 3.63) is 47.7 Å². The molecule has 0 spiro atoms. The number of benzene rings is 2. The van der Waals surface area contributed by atoms with Crippen molar-refractivity contribution in [1.29, 1.82) is 0 Å². The van der Waals surface area contributed by atoms with Gasteiger partial charge in [0.1, 0.15) is 41.4 Å². The van der Waals surface area contributed by atoms with Gasteiger partial charge in [0, 0.05) is 60.8 Å². The number of alkyl halides is 1. The number of piperidine rings is 1. The van der Waals surface area contributed by atoms with Crippen molar-refractivity contribution in [1.82, 2.24) is 25.2 Å². The van der Waals surface area contributed by atoms with Crippen molar-refractivity contribution in [3.8, 4) is 35.4 Å². The first-order valence-corrected chi connectivity index (χ1v) is 15.5. The molecule has 5 heterocycles. The maximum absolute atomic E-state index is 16.7. The Kier molecular flexibility index (Phi) is 7.45. The van der Waals surface area contributed by atoms with E-state index >= 15 is 8.78 Å². The quantitative estimate of drug-likeness (QED) is 0.286. The Morgan fingerprint density at radius 1 is 1.16 bits per heavy atom. The monoisotopic (exact) mass is 616 g/mol. The van der Waals surface area contributed by atoms with E-state index in [0.717, 1.165) is 19.4 Å². The van der Waals surface area contributed by atoms with Gasteiger partial charge in [-0.2, -0.15) is 9.97 Å². The van der Waals surface area contributed by atoms with E-state index < -0.39 is 23.2 Å². The van der Waals surface area contributed by atoms with Crippen molar-refractivity contribution < 1.29 is 23.0 Å². The molecule has 0 amide bonds. The van der Waals surface area contributed by atoms with E-state index in [9.17, 15) is 9.50 Å². The number of piperazine rings is 1. The van der Waals surface area contributed by atoms with Crippen LogP contribution in [-0.4, -0.2) is 82.5 Å². The van der Waals surface area contributed by atoms with Crippen molar-refractivity contribution >= 4 is 27.5 Å². The third kappa shape index (κ3) is 5.20. The number of nitrogens with zero attached hydrogens (tertiary/aromatic N) is 5. The fraction of sp³-hybridized carbons (Fsp3) is 0.441. The Morgan fingerprint density at radius 2 is 1.93 bits per heavy atom. The number of aromatic hydroxyl groups is 1. The lowest BCUT2D eigenvalue weighted by Gasteiger charge is -2.42. The van der Waals surface area contributed by atoms with Gasteiger partial charge >= 0.3 is 6.01 Å². The van der Waals surface area contributed by atoms with Crippen LogP contribution in [0.4, 0.5) is 19.0 Å². The SMILES string of the molecule is C#Cc1c(F)ccc2cc(O)cc(-c3ncc4c(N5C[C@H]6CC[C@@H](C5)N6)nc(OC[C@]5(C)CN(CC)CC[C@@H]5F)nc4c3F)c12. The number of hydrogen-bond donors (Lipinski definition) is 2. The van der Waals surface area contributed by atoms with Crippen LogP contribution in [0.5, 0.6) is 11.8 Å². The Labute approximate surface area is 259 Å². The topological polar surface area (TPSA) is 86.6 Å². The van der Waals surface area contributed by atoms with Crippen LogP contribution in [0.25, 0.3) is 32.9 Å². The molecule has 0 radical (unpaired) electrons. The van der Waals surface area contributed by atoms with Gasteiger partial charge in [0.05, 0.1) is 10.9 Å². The van der Waals surface area contributed by atoms with Crippen LogP contribution in [-0.2, 0) is 0 Å². The zero-order valence-electron chi connectivity index (χ0n) is 25.3. The average Bonchev–Trinajstić information content (AvgIpc) is 3.38. The summed E-state index contributed by atoms with van der Waals surface area (Å²) in [7, 11) is 0. The summed E-state index contributed by atoms with van der Waals surface area (Å²) in [5, 5.41) is 15.2.